The molecule has 1 saturated heterocycles. The second kappa shape index (κ2) is 10.5. The zero-order valence-electron chi connectivity index (χ0n) is 20.5. The Morgan fingerprint density at radius 2 is 1.79 bits per heavy atom. The van der Waals surface area contributed by atoms with Crippen LogP contribution in [0.1, 0.15) is 79.0 Å². The Kier molecular flexibility index (Phi) is 7.63. The molecule has 0 spiro atoms. The maximum atomic E-state index is 13.4. The minimum Gasteiger partial charge on any atom is -0.496 e. The van der Waals surface area contributed by atoms with Crippen LogP contribution < -0.4 is 10.1 Å². The van der Waals surface area contributed by atoms with Gasteiger partial charge < -0.3 is 10.1 Å². The van der Waals surface area contributed by atoms with Crippen molar-refractivity contribution in [3.63, 3.8) is 0 Å². The van der Waals surface area contributed by atoms with Crippen molar-refractivity contribution < 1.29 is 17.9 Å². The summed E-state index contributed by atoms with van der Waals surface area (Å²) in [5, 5.41) is 3.12. The molecule has 1 fully saturated rings. The lowest BCUT2D eigenvalue weighted by molar-refractivity contribution is 0.0932. The highest BCUT2D eigenvalue weighted by Crippen LogP contribution is 2.29. The fraction of sp³-hybridized carbons (Fsp3) is 0.519. The number of carbonyl (C=O) groups is 1. The third-order valence-electron chi connectivity index (χ3n) is 7.28. The zero-order valence-corrected chi connectivity index (χ0v) is 21.3. The molecule has 184 valence electrons. The number of amides is 1. The van der Waals surface area contributed by atoms with E-state index in [0.717, 1.165) is 37.7 Å². The summed E-state index contributed by atoms with van der Waals surface area (Å²) in [5.74, 6) is 0.563. The molecule has 1 amide bonds. The normalized spacial score (nSPS) is 18.2. The van der Waals surface area contributed by atoms with E-state index in [-0.39, 0.29) is 22.4 Å². The molecular formula is C27H36N2O4S. The summed E-state index contributed by atoms with van der Waals surface area (Å²) < 4.78 is 33.5. The van der Waals surface area contributed by atoms with Crippen molar-refractivity contribution in [2.24, 2.45) is 5.92 Å². The topological polar surface area (TPSA) is 75.7 Å². The maximum Gasteiger partial charge on any atom is 0.255 e. The highest BCUT2D eigenvalue weighted by Gasteiger charge is 2.29. The number of rotatable bonds is 7. The Balaban J connectivity index is 1.58. The molecule has 34 heavy (non-hydrogen) atoms. The van der Waals surface area contributed by atoms with Crippen molar-refractivity contribution in [2.45, 2.75) is 69.7 Å². The average molecular weight is 485 g/mol. The van der Waals surface area contributed by atoms with Gasteiger partial charge in [0.05, 0.1) is 23.6 Å². The maximum absolute atomic E-state index is 13.4. The second-order valence-corrected chi connectivity index (χ2v) is 11.6. The van der Waals surface area contributed by atoms with Gasteiger partial charge in [-0.05, 0) is 85.8 Å². The van der Waals surface area contributed by atoms with Crippen LogP contribution in [0.15, 0.2) is 41.3 Å². The van der Waals surface area contributed by atoms with E-state index in [1.54, 1.807) is 6.07 Å². The molecule has 1 aliphatic heterocycles. The number of piperidine rings is 1. The third kappa shape index (κ3) is 5.15. The summed E-state index contributed by atoms with van der Waals surface area (Å²) >= 11 is 0. The molecule has 7 heteroatoms. The van der Waals surface area contributed by atoms with Crippen molar-refractivity contribution in [3.05, 3.63) is 58.7 Å². The first kappa shape index (κ1) is 24.7. The summed E-state index contributed by atoms with van der Waals surface area (Å²) in [7, 11) is -2.17. The molecule has 1 aliphatic carbocycles. The number of nitrogens with one attached hydrogen (secondary N) is 1. The summed E-state index contributed by atoms with van der Waals surface area (Å²) in [6.07, 6.45) is 7.06. The molecule has 2 aromatic rings. The van der Waals surface area contributed by atoms with Gasteiger partial charge in [-0.3, -0.25) is 4.79 Å². The Hall–Kier alpha value is -2.38. The van der Waals surface area contributed by atoms with Crippen LogP contribution >= 0.6 is 0 Å². The van der Waals surface area contributed by atoms with E-state index in [0.29, 0.717) is 24.8 Å². The standard InChI is InChI=1S/C27H36N2O4S/c1-4-25(22-10-9-20-7-5-6-8-21(20)17-22)28-27(30)24-18-23(11-12-26(24)33-3)34(31,32)29-15-13-19(2)14-16-29/h9-12,17-19,25H,4-8,13-16H2,1-3H3,(H,28,30)/t25-/m1/s1. The molecule has 1 heterocycles. The monoisotopic (exact) mass is 484 g/mol. The van der Waals surface area contributed by atoms with Crippen molar-refractivity contribution in [3.8, 4) is 5.75 Å². The van der Waals surface area contributed by atoms with Gasteiger partial charge in [-0.1, -0.05) is 32.0 Å². The number of methoxy groups -OCH3 is 1. The van der Waals surface area contributed by atoms with E-state index in [1.807, 2.05) is 6.92 Å². The minimum atomic E-state index is -3.67. The summed E-state index contributed by atoms with van der Waals surface area (Å²) in [6, 6.07) is 10.9. The zero-order chi connectivity index (χ0) is 24.3. The second-order valence-electron chi connectivity index (χ2n) is 9.62. The molecule has 0 aromatic heterocycles. The first-order valence-corrected chi connectivity index (χ1v) is 13.9. The van der Waals surface area contributed by atoms with Crippen LogP contribution in [0.3, 0.4) is 0 Å². The predicted octanol–water partition coefficient (Wildman–Crippen LogP) is 4.88. The van der Waals surface area contributed by atoms with Gasteiger partial charge in [0.2, 0.25) is 10.0 Å². The molecular weight excluding hydrogens is 448 g/mol. The van der Waals surface area contributed by atoms with Crippen molar-refractivity contribution >= 4 is 15.9 Å². The van der Waals surface area contributed by atoms with Gasteiger partial charge in [0, 0.05) is 13.1 Å². The first-order valence-electron chi connectivity index (χ1n) is 12.4. The quantitative estimate of drug-likeness (QED) is 0.608. The van der Waals surface area contributed by atoms with Crippen LogP contribution in [0, 0.1) is 5.92 Å². The lowest BCUT2D eigenvalue weighted by atomic mass is 9.88. The van der Waals surface area contributed by atoms with E-state index < -0.39 is 10.0 Å². The van der Waals surface area contributed by atoms with E-state index >= 15 is 0 Å². The van der Waals surface area contributed by atoms with Crippen LogP contribution in [0.5, 0.6) is 5.75 Å². The summed E-state index contributed by atoms with van der Waals surface area (Å²) in [6.45, 7) is 5.20. The fourth-order valence-electron chi connectivity index (χ4n) is 5.03. The molecule has 1 N–H and O–H groups in total. The number of benzene rings is 2. The van der Waals surface area contributed by atoms with Crippen LogP contribution in [-0.2, 0) is 22.9 Å². The van der Waals surface area contributed by atoms with Gasteiger partial charge in [-0.2, -0.15) is 4.31 Å². The Morgan fingerprint density at radius 3 is 2.47 bits per heavy atom. The lowest BCUT2D eigenvalue weighted by Gasteiger charge is -2.29. The number of carbonyl (C=O) groups excluding carboxylic acids is 1. The largest absolute Gasteiger partial charge is 0.496 e. The Labute approximate surface area is 203 Å². The summed E-state index contributed by atoms with van der Waals surface area (Å²) in [5.41, 5.74) is 4.10. The number of hydrogen-bond acceptors (Lipinski definition) is 4. The van der Waals surface area contributed by atoms with Gasteiger partial charge in [0.15, 0.2) is 0 Å². The van der Waals surface area contributed by atoms with E-state index in [2.05, 4.69) is 30.4 Å². The highest BCUT2D eigenvalue weighted by atomic mass is 32.2. The lowest BCUT2D eigenvalue weighted by Crippen LogP contribution is -2.38. The molecule has 2 aromatic carbocycles. The van der Waals surface area contributed by atoms with Crippen LogP contribution in [0.25, 0.3) is 0 Å². The van der Waals surface area contributed by atoms with Crippen molar-refractivity contribution in [1.29, 1.82) is 0 Å². The SMILES string of the molecule is CC[C@@H](NC(=O)c1cc(S(=O)(=O)N2CCC(C)CC2)ccc1OC)c1ccc2c(c1)CCCC2. The average Bonchev–Trinajstić information content (AvgIpc) is 2.86. The molecule has 0 radical (unpaired) electrons. The fourth-order valence-corrected chi connectivity index (χ4v) is 6.52. The van der Waals surface area contributed by atoms with Crippen LogP contribution in [-0.4, -0.2) is 38.8 Å². The minimum absolute atomic E-state index is 0.134. The Morgan fingerprint density at radius 1 is 1.09 bits per heavy atom. The van der Waals surface area contributed by atoms with Crippen molar-refractivity contribution in [2.75, 3.05) is 20.2 Å². The van der Waals surface area contributed by atoms with Crippen LogP contribution in [0.4, 0.5) is 0 Å². The number of ether oxygens (including phenoxy) is 1. The van der Waals surface area contributed by atoms with Gasteiger partial charge in [-0.25, -0.2) is 8.42 Å². The molecule has 0 unspecified atom stereocenters. The van der Waals surface area contributed by atoms with Gasteiger partial charge in [-0.15, -0.1) is 0 Å². The first-order chi connectivity index (χ1) is 16.3. The van der Waals surface area contributed by atoms with Gasteiger partial charge >= 0.3 is 0 Å². The van der Waals surface area contributed by atoms with E-state index in [4.69, 9.17) is 4.74 Å². The molecule has 1 atom stereocenters. The molecule has 0 saturated carbocycles. The molecule has 0 bridgehead atoms. The van der Waals surface area contributed by atoms with E-state index in [1.165, 1.54) is 47.5 Å². The van der Waals surface area contributed by atoms with Crippen LogP contribution in [0.2, 0.25) is 0 Å². The molecule has 6 nitrogen and oxygen atoms in total. The third-order valence-corrected chi connectivity index (χ3v) is 9.18. The number of hydrogen-bond donors (Lipinski definition) is 1. The van der Waals surface area contributed by atoms with Gasteiger partial charge in [0.1, 0.15) is 5.75 Å². The number of nitrogens with zero attached hydrogens (tertiary/aromatic N) is 1. The Bertz CT molecular complexity index is 1140. The number of sulfonamides is 1. The molecule has 4 rings (SSSR count). The predicted molar refractivity (Wildman–Crippen MR) is 134 cm³/mol. The number of fused-ring (bicyclic) bond motifs is 1. The van der Waals surface area contributed by atoms with E-state index in [9.17, 15) is 13.2 Å². The smallest absolute Gasteiger partial charge is 0.255 e. The van der Waals surface area contributed by atoms with Crippen molar-refractivity contribution in [1.82, 2.24) is 9.62 Å². The molecule has 2 aliphatic rings. The summed E-state index contributed by atoms with van der Waals surface area (Å²) in [4.78, 5) is 13.5. The number of aryl methyl sites for hydroxylation is 2. The van der Waals surface area contributed by atoms with Gasteiger partial charge in [0.25, 0.3) is 5.91 Å². The highest BCUT2D eigenvalue weighted by molar-refractivity contribution is 7.89.